The van der Waals surface area contributed by atoms with Gasteiger partial charge in [-0.25, -0.2) is 4.79 Å². The van der Waals surface area contributed by atoms with Crippen molar-refractivity contribution >= 4 is 17.7 Å². The molecule has 0 bridgehead atoms. The van der Waals surface area contributed by atoms with Gasteiger partial charge in [-0.05, 0) is 12.1 Å². The Morgan fingerprint density at radius 2 is 1.71 bits per heavy atom. The van der Waals surface area contributed by atoms with Crippen LogP contribution in [0.15, 0.2) is 65.8 Å². The molecule has 5 nitrogen and oxygen atoms in total. The number of hydrogen-bond donors (Lipinski definition) is 0. The fraction of sp³-hybridized carbons (Fsp3) is 0.167. The standard InChI is InChI=1S/C18H17N3O2S/c1-21-16(14-8-4-2-5-9-14)19-20-18(21)24-13-12-23-17(22)15-10-6-3-7-11-15/h2-11H,12-13H2,1H3. The molecule has 3 aromatic rings. The van der Waals surface area contributed by atoms with Crippen molar-refractivity contribution in [2.24, 2.45) is 7.05 Å². The van der Waals surface area contributed by atoms with Crippen molar-refractivity contribution in [3.05, 3.63) is 66.2 Å². The van der Waals surface area contributed by atoms with E-state index in [1.807, 2.05) is 60.1 Å². The zero-order valence-electron chi connectivity index (χ0n) is 13.3. The zero-order valence-corrected chi connectivity index (χ0v) is 14.1. The topological polar surface area (TPSA) is 57.0 Å². The SMILES string of the molecule is Cn1c(SCCOC(=O)c2ccccc2)nnc1-c1ccccc1. The van der Waals surface area contributed by atoms with E-state index in [1.54, 1.807) is 12.1 Å². The third-order valence-electron chi connectivity index (χ3n) is 3.42. The molecule has 0 fully saturated rings. The number of carbonyl (C=O) groups is 1. The summed E-state index contributed by atoms with van der Waals surface area (Å²) in [5, 5.41) is 9.23. The van der Waals surface area contributed by atoms with Gasteiger partial charge in [-0.3, -0.25) is 0 Å². The third-order valence-corrected chi connectivity index (χ3v) is 4.41. The number of aromatic nitrogens is 3. The molecule has 0 unspecified atom stereocenters. The van der Waals surface area contributed by atoms with Crippen molar-refractivity contribution in [1.82, 2.24) is 14.8 Å². The number of carbonyl (C=O) groups excluding carboxylic acids is 1. The molecule has 1 aromatic heterocycles. The minimum atomic E-state index is -0.306. The van der Waals surface area contributed by atoms with Crippen molar-refractivity contribution in [2.45, 2.75) is 5.16 Å². The second kappa shape index (κ2) is 7.79. The van der Waals surface area contributed by atoms with E-state index in [2.05, 4.69) is 10.2 Å². The summed E-state index contributed by atoms with van der Waals surface area (Å²) >= 11 is 1.51. The van der Waals surface area contributed by atoms with E-state index in [9.17, 15) is 4.79 Å². The smallest absolute Gasteiger partial charge is 0.338 e. The van der Waals surface area contributed by atoms with E-state index >= 15 is 0 Å². The van der Waals surface area contributed by atoms with Gasteiger partial charge in [0.15, 0.2) is 11.0 Å². The summed E-state index contributed by atoms with van der Waals surface area (Å²) in [6.45, 7) is 0.325. The molecule has 0 saturated carbocycles. The molecule has 0 atom stereocenters. The average molecular weight is 339 g/mol. The monoisotopic (exact) mass is 339 g/mol. The van der Waals surface area contributed by atoms with Crippen LogP contribution in [0.25, 0.3) is 11.4 Å². The minimum absolute atomic E-state index is 0.306. The fourth-order valence-electron chi connectivity index (χ4n) is 2.20. The highest BCUT2D eigenvalue weighted by Gasteiger charge is 2.11. The van der Waals surface area contributed by atoms with Gasteiger partial charge < -0.3 is 9.30 Å². The Kier molecular flexibility index (Phi) is 5.28. The third kappa shape index (κ3) is 3.83. The van der Waals surface area contributed by atoms with Crippen molar-refractivity contribution in [3.8, 4) is 11.4 Å². The van der Waals surface area contributed by atoms with Crippen molar-refractivity contribution in [1.29, 1.82) is 0 Å². The summed E-state index contributed by atoms with van der Waals surface area (Å²) in [4.78, 5) is 11.8. The summed E-state index contributed by atoms with van der Waals surface area (Å²) in [7, 11) is 1.93. The van der Waals surface area contributed by atoms with Gasteiger partial charge in [0.2, 0.25) is 0 Å². The first-order valence-corrected chi connectivity index (χ1v) is 8.54. The molecule has 122 valence electrons. The van der Waals surface area contributed by atoms with Crippen LogP contribution < -0.4 is 0 Å². The Morgan fingerprint density at radius 1 is 1.04 bits per heavy atom. The summed E-state index contributed by atoms with van der Waals surface area (Å²) in [6, 6.07) is 18.9. The average Bonchev–Trinajstić information content (AvgIpc) is 3.00. The van der Waals surface area contributed by atoms with Crippen LogP contribution in [0.3, 0.4) is 0 Å². The van der Waals surface area contributed by atoms with Gasteiger partial charge in [-0.1, -0.05) is 60.3 Å². The summed E-state index contributed by atoms with van der Waals surface area (Å²) in [5.74, 6) is 1.14. The Morgan fingerprint density at radius 3 is 2.42 bits per heavy atom. The Bertz CT molecular complexity index is 804. The van der Waals surface area contributed by atoms with E-state index in [0.29, 0.717) is 17.9 Å². The summed E-state index contributed by atoms with van der Waals surface area (Å²) < 4.78 is 7.21. The lowest BCUT2D eigenvalue weighted by molar-refractivity contribution is 0.0530. The van der Waals surface area contributed by atoms with Crippen LogP contribution in [0.2, 0.25) is 0 Å². The van der Waals surface area contributed by atoms with Crippen LogP contribution in [0.1, 0.15) is 10.4 Å². The lowest BCUT2D eigenvalue weighted by Gasteiger charge is -2.05. The van der Waals surface area contributed by atoms with Crippen LogP contribution in [-0.4, -0.2) is 33.1 Å². The molecule has 0 amide bonds. The quantitative estimate of drug-likeness (QED) is 0.391. The molecule has 0 aliphatic heterocycles. The number of ether oxygens (including phenoxy) is 1. The molecule has 0 aliphatic carbocycles. The van der Waals surface area contributed by atoms with E-state index in [-0.39, 0.29) is 5.97 Å². The molecule has 0 aliphatic rings. The Hall–Kier alpha value is -2.60. The van der Waals surface area contributed by atoms with Crippen LogP contribution in [0, 0.1) is 0 Å². The Balaban J connectivity index is 1.53. The maximum atomic E-state index is 11.8. The largest absolute Gasteiger partial charge is 0.461 e. The molecule has 6 heteroatoms. The molecule has 24 heavy (non-hydrogen) atoms. The maximum absolute atomic E-state index is 11.8. The molecule has 2 aromatic carbocycles. The first-order chi connectivity index (χ1) is 11.8. The fourth-order valence-corrected chi connectivity index (χ4v) is 2.93. The highest BCUT2D eigenvalue weighted by molar-refractivity contribution is 7.99. The molecule has 3 rings (SSSR count). The van der Waals surface area contributed by atoms with Gasteiger partial charge in [0.05, 0.1) is 5.56 Å². The van der Waals surface area contributed by atoms with E-state index in [0.717, 1.165) is 16.5 Å². The minimum Gasteiger partial charge on any atom is -0.461 e. The molecule has 0 radical (unpaired) electrons. The lowest BCUT2D eigenvalue weighted by atomic mass is 10.2. The Labute approximate surface area is 144 Å². The van der Waals surface area contributed by atoms with Gasteiger partial charge in [0, 0.05) is 18.4 Å². The molecule has 0 saturated heterocycles. The number of hydrogen-bond acceptors (Lipinski definition) is 5. The number of rotatable bonds is 6. The molecular formula is C18H17N3O2S. The van der Waals surface area contributed by atoms with Crippen molar-refractivity contribution in [2.75, 3.05) is 12.4 Å². The van der Waals surface area contributed by atoms with Crippen LogP contribution in [0.5, 0.6) is 0 Å². The van der Waals surface area contributed by atoms with Crippen LogP contribution in [-0.2, 0) is 11.8 Å². The van der Waals surface area contributed by atoms with Gasteiger partial charge >= 0.3 is 5.97 Å². The molecule has 0 spiro atoms. The highest BCUT2D eigenvalue weighted by Crippen LogP contribution is 2.22. The van der Waals surface area contributed by atoms with Gasteiger partial charge in [-0.2, -0.15) is 0 Å². The second-order valence-corrected chi connectivity index (χ2v) is 6.14. The number of benzene rings is 2. The predicted octanol–water partition coefficient (Wildman–Crippen LogP) is 3.43. The number of esters is 1. The molecule has 0 N–H and O–H groups in total. The zero-order chi connectivity index (χ0) is 16.8. The summed E-state index contributed by atoms with van der Waals surface area (Å²) in [5.41, 5.74) is 1.59. The lowest BCUT2D eigenvalue weighted by Crippen LogP contribution is -2.08. The predicted molar refractivity (Wildman–Crippen MR) is 93.9 cm³/mol. The van der Waals surface area contributed by atoms with Crippen molar-refractivity contribution < 1.29 is 9.53 Å². The van der Waals surface area contributed by atoms with Gasteiger partial charge in [0.25, 0.3) is 0 Å². The van der Waals surface area contributed by atoms with Crippen LogP contribution in [0.4, 0.5) is 0 Å². The summed E-state index contributed by atoms with van der Waals surface area (Å²) in [6.07, 6.45) is 0. The first kappa shape index (κ1) is 16.3. The van der Waals surface area contributed by atoms with Gasteiger partial charge in [0.1, 0.15) is 6.61 Å². The number of thioether (sulfide) groups is 1. The second-order valence-electron chi connectivity index (χ2n) is 5.08. The normalized spacial score (nSPS) is 10.5. The maximum Gasteiger partial charge on any atom is 0.338 e. The van der Waals surface area contributed by atoms with E-state index in [4.69, 9.17) is 4.74 Å². The molecule has 1 heterocycles. The van der Waals surface area contributed by atoms with E-state index < -0.39 is 0 Å². The van der Waals surface area contributed by atoms with Crippen molar-refractivity contribution in [3.63, 3.8) is 0 Å². The highest BCUT2D eigenvalue weighted by atomic mass is 32.2. The van der Waals surface area contributed by atoms with Crippen LogP contribution >= 0.6 is 11.8 Å². The number of nitrogens with zero attached hydrogens (tertiary/aromatic N) is 3. The molecular weight excluding hydrogens is 322 g/mol. The van der Waals surface area contributed by atoms with E-state index in [1.165, 1.54) is 11.8 Å². The van der Waals surface area contributed by atoms with Gasteiger partial charge in [-0.15, -0.1) is 10.2 Å². The first-order valence-electron chi connectivity index (χ1n) is 7.55.